The number of hydrogen-bond acceptors (Lipinski definition) is 1. The van der Waals surface area contributed by atoms with Crippen molar-refractivity contribution in [2.75, 3.05) is 12.5 Å². The van der Waals surface area contributed by atoms with Crippen LogP contribution in [0.5, 0.6) is 0 Å². The molecule has 2 heteroatoms. The predicted molar refractivity (Wildman–Crippen MR) is 55.3 cm³/mol. The van der Waals surface area contributed by atoms with Gasteiger partial charge >= 0.3 is 0 Å². The molecule has 0 bridgehead atoms. The van der Waals surface area contributed by atoms with Gasteiger partial charge < -0.3 is 4.42 Å². The maximum absolute atomic E-state index is 5.66. The van der Waals surface area contributed by atoms with Crippen molar-refractivity contribution in [3.05, 3.63) is 30.3 Å². The van der Waals surface area contributed by atoms with E-state index >= 15 is 0 Å². The zero-order chi connectivity index (χ0) is 8.55. The van der Waals surface area contributed by atoms with E-state index in [1.165, 1.54) is 5.39 Å². The first-order chi connectivity index (χ1) is 5.77. The first-order valence-electron chi connectivity index (χ1n) is 3.93. The van der Waals surface area contributed by atoms with Gasteiger partial charge in [0, 0.05) is 5.39 Å². The Balaban J connectivity index is 2.62. The van der Waals surface area contributed by atoms with Crippen molar-refractivity contribution in [3.8, 4) is 0 Å². The third kappa shape index (κ3) is 1.23. The molecule has 0 saturated heterocycles. The molecule has 0 aliphatic heterocycles. The van der Waals surface area contributed by atoms with E-state index in [0.29, 0.717) is 0 Å². The highest BCUT2D eigenvalue weighted by Gasteiger charge is 2.02. The minimum absolute atomic E-state index is 0.109. The number of fused-ring (bicyclic) bond motifs is 1. The molecule has 2 aromatic rings. The summed E-state index contributed by atoms with van der Waals surface area (Å²) in [6.07, 6.45) is 4.40. The number of furan rings is 1. The summed E-state index contributed by atoms with van der Waals surface area (Å²) in [6.45, 7) is 0. The van der Waals surface area contributed by atoms with E-state index in [2.05, 4.69) is 24.6 Å². The molecular weight excluding hydrogens is 168 g/mol. The van der Waals surface area contributed by atoms with Crippen LogP contribution in [-0.4, -0.2) is 12.5 Å². The summed E-state index contributed by atoms with van der Waals surface area (Å²) in [5, 5.41) is 2.34. The number of thiol groups is 1. The van der Waals surface area contributed by atoms with Crippen LogP contribution < -0.4 is 0 Å². The van der Waals surface area contributed by atoms with Crippen molar-refractivity contribution in [1.82, 2.24) is 0 Å². The van der Waals surface area contributed by atoms with Crippen molar-refractivity contribution in [2.45, 2.75) is 5.09 Å². The van der Waals surface area contributed by atoms with Crippen LogP contribution in [0.15, 0.2) is 39.8 Å². The van der Waals surface area contributed by atoms with Crippen molar-refractivity contribution in [2.24, 2.45) is 0 Å². The molecular formula is C10H12OS. The van der Waals surface area contributed by atoms with Gasteiger partial charge in [-0.25, -0.2) is 10.9 Å². The number of para-hydroxylation sites is 1. The largest absolute Gasteiger partial charge is 0.452 e. The van der Waals surface area contributed by atoms with Crippen LogP contribution in [-0.2, 0) is 0 Å². The van der Waals surface area contributed by atoms with Crippen molar-refractivity contribution < 1.29 is 4.42 Å². The van der Waals surface area contributed by atoms with E-state index in [4.69, 9.17) is 4.42 Å². The van der Waals surface area contributed by atoms with Crippen LogP contribution in [0.2, 0.25) is 0 Å². The Kier molecular flexibility index (Phi) is 1.85. The Morgan fingerprint density at radius 2 is 1.92 bits per heavy atom. The molecule has 12 heavy (non-hydrogen) atoms. The minimum atomic E-state index is -0.109. The molecule has 0 atom stereocenters. The van der Waals surface area contributed by atoms with Crippen LogP contribution in [0.3, 0.4) is 0 Å². The zero-order valence-electron chi connectivity index (χ0n) is 7.24. The molecule has 0 saturated carbocycles. The molecule has 2 rings (SSSR count). The second-order valence-electron chi connectivity index (χ2n) is 3.02. The third-order valence-electron chi connectivity index (χ3n) is 1.85. The monoisotopic (exact) mass is 180 g/mol. The molecule has 0 aliphatic rings. The third-order valence-corrected chi connectivity index (χ3v) is 2.96. The first-order valence-corrected chi connectivity index (χ1v) is 6.17. The topological polar surface area (TPSA) is 13.1 Å². The van der Waals surface area contributed by atoms with E-state index in [1.807, 2.05) is 18.2 Å². The lowest BCUT2D eigenvalue weighted by Gasteiger charge is -2.01. The normalized spacial score (nSPS) is 12.0. The number of hydrogen-bond donors (Lipinski definition) is 1. The highest BCUT2D eigenvalue weighted by molar-refractivity contribution is 8.15. The molecule has 0 radical (unpaired) electrons. The summed E-state index contributed by atoms with van der Waals surface area (Å²) in [5.41, 5.74) is 1.00. The fraction of sp³-hybridized carbons (Fsp3) is 0.200. The fourth-order valence-electron chi connectivity index (χ4n) is 1.19. The van der Waals surface area contributed by atoms with Crippen molar-refractivity contribution in [1.29, 1.82) is 0 Å². The maximum Gasteiger partial charge on any atom is 0.141 e. The van der Waals surface area contributed by atoms with E-state index in [9.17, 15) is 0 Å². The second-order valence-corrected chi connectivity index (χ2v) is 5.25. The fourth-order valence-corrected chi connectivity index (χ4v) is 1.87. The SMILES string of the molecule is C[SH](C)c1cc2ccccc2o1. The highest BCUT2D eigenvalue weighted by atomic mass is 32.2. The van der Waals surface area contributed by atoms with Gasteiger partial charge in [0.2, 0.25) is 0 Å². The molecule has 1 nitrogen and oxygen atoms in total. The van der Waals surface area contributed by atoms with Gasteiger partial charge in [-0.15, -0.1) is 0 Å². The van der Waals surface area contributed by atoms with Crippen molar-refractivity contribution in [3.63, 3.8) is 0 Å². The number of rotatable bonds is 1. The summed E-state index contributed by atoms with van der Waals surface area (Å²) < 4.78 is 5.66. The van der Waals surface area contributed by atoms with Gasteiger partial charge in [0.1, 0.15) is 10.7 Å². The van der Waals surface area contributed by atoms with E-state index in [1.54, 1.807) is 0 Å². The summed E-state index contributed by atoms with van der Waals surface area (Å²) in [4.78, 5) is 0. The summed E-state index contributed by atoms with van der Waals surface area (Å²) in [5.74, 6) is 0. The average molecular weight is 180 g/mol. The summed E-state index contributed by atoms with van der Waals surface area (Å²) in [6, 6.07) is 10.3. The van der Waals surface area contributed by atoms with Gasteiger partial charge in [-0.3, -0.25) is 0 Å². The Bertz CT molecular complexity index is 356. The Morgan fingerprint density at radius 1 is 1.17 bits per heavy atom. The molecule has 0 aliphatic carbocycles. The maximum atomic E-state index is 5.66. The summed E-state index contributed by atoms with van der Waals surface area (Å²) in [7, 11) is -0.109. The van der Waals surface area contributed by atoms with Gasteiger partial charge in [0.25, 0.3) is 0 Å². The molecule has 1 aromatic heterocycles. The highest BCUT2D eigenvalue weighted by Crippen LogP contribution is 2.33. The van der Waals surface area contributed by atoms with E-state index in [0.717, 1.165) is 10.7 Å². The molecule has 1 aromatic carbocycles. The molecule has 0 amide bonds. The molecule has 0 unspecified atom stereocenters. The minimum Gasteiger partial charge on any atom is -0.452 e. The quantitative estimate of drug-likeness (QED) is 0.666. The van der Waals surface area contributed by atoms with Crippen LogP contribution in [0.25, 0.3) is 11.0 Å². The first kappa shape index (κ1) is 7.74. The van der Waals surface area contributed by atoms with Crippen LogP contribution in [0, 0.1) is 0 Å². The van der Waals surface area contributed by atoms with E-state index in [-0.39, 0.29) is 10.9 Å². The van der Waals surface area contributed by atoms with Crippen molar-refractivity contribution >= 4 is 21.9 Å². The Hall–Kier alpha value is -0.890. The smallest absolute Gasteiger partial charge is 0.141 e. The van der Waals surface area contributed by atoms with Crippen LogP contribution >= 0.6 is 10.9 Å². The zero-order valence-corrected chi connectivity index (χ0v) is 8.14. The van der Waals surface area contributed by atoms with Gasteiger partial charge in [0.15, 0.2) is 0 Å². The molecule has 64 valence electrons. The standard InChI is InChI=1S/C10H12OS/c1-12(2)10-7-8-5-3-4-6-9(8)11-10/h3-7,12H,1-2H3. The van der Waals surface area contributed by atoms with Crippen LogP contribution in [0.4, 0.5) is 0 Å². The van der Waals surface area contributed by atoms with E-state index < -0.39 is 0 Å². The average Bonchev–Trinajstić information content (AvgIpc) is 2.46. The summed E-state index contributed by atoms with van der Waals surface area (Å²) >= 11 is 0. The van der Waals surface area contributed by atoms with Crippen LogP contribution in [0.1, 0.15) is 0 Å². The number of benzene rings is 1. The Morgan fingerprint density at radius 3 is 2.58 bits per heavy atom. The lowest BCUT2D eigenvalue weighted by molar-refractivity contribution is 0.514. The van der Waals surface area contributed by atoms with Gasteiger partial charge in [0.05, 0.1) is 0 Å². The van der Waals surface area contributed by atoms with Gasteiger partial charge in [-0.1, -0.05) is 18.2 Å². The van der Waals surface area contributed by atoms with Gasteiger partial charge in [-0.2, -0.15) is 0 Å². The molecule has 0 N–H and O–H groups in total. The predicted octanol–water partition coefficient (Wildman–Crippen LogP) is 3.05. The molecule has 1 heterocycles. The molecule has 0 fully saturated rings. The molecule has 0 spiro atoms. The van der Waals surface area contributed by atoms with Gasteiger partial charge in [-0.05, 0) is 24.6 Å². The Labute approximate surface area is 74.7 Å². The second kappa shape index (κ2) is 2.87. The lowest BCUT2D eigenvalue weighted by Crippen LogP contribution is -1.68. The lowest BCUT2D eigenvalue weighted by atomic mass is 10.3.